The molecule has 0 aliphatic rings. The summed E-state index contributed by atoms with van der Waals surface area (Å²) in [4.78, 5) is 1.04. The average Bonchev–Trinajstić information content (AvgIpc) is 2.46. The Morgan fingerprint density at radius 3 is 2.92 bits per heavy atom. The number of anilines is 1. The van der Waals surface area contributed by atoms with Crippen LogP contribution in [0.1, 0.15) is 0 Å². The number of nitrogen functional groups attached to an aromatic ring is 1. The summed E-state index contributed by atoms with van der Waals surface area (Å²) in [5.41, 5.74) is 6.47. The van der Waals surface area contributed by atoms with Crippen LogP contribution in [0.25, 0.3) is 10.1 Å². The van der Waals surface area contributed by atoms with Gasteiger partial charge in [-0.1, -0.05) is 0 Å². The maximum absolute atomic E-state index is 9.57. The fraction of sp³-hybridized carbons (Fsp3) is 0.111. The van der Waals surface area contributed by atoms with E-state index in [1.54, 1.807) is 17.1 Å². The Balaban J connectivity index is 2.85. The van der Waals surface area contributed by atoms with Crippen LogP contribution in [0.5, 0.6) is 5.75 Å². The van der Waals surface area contributed by atoms with Gasteiger partial charge in [-0.3, -0.25) is 0 Å². The molecule has 0 fully saturated rings. The van der Waals surface area contributed by atoms with Gasteiger partial charge in [0.05, 0.1) is 0 Å². The lowest BCUT2D eigenvalue weighted by Gasteiger charge is -2.01. The van der Waals surface area contributed by atoms with Gasteiger partial charge in [0.15, 0.2) is 0 Å². The number of fused-ring (bicyclic) bond motifs is 1. The Kier molecular flexibility index (Phi) is 2.09. The fourth-order valence-electron chi connectivity index (χ4n) is 1.29. The van der Waals surface area contributed by atoms with E-state index in [0.717, 1.165) is 20.7 Å². The summed E-state index contributed by atoms with van der Waals surface area (Å²) in [5, 5.41) is 12.2. The van der Waals surface area contributed by atoms with Crippen LogP contribution in [0.4, 0.5) is 5.69 Å². The van der Waals surface area contributed by atoms with Crippen molar-refractivity contribution in [1.29, 1.82) is 0 Å². The van der Waals surface area contributed by atoms with Crippen LogP contribution in [0.2, 0.25) is 0 Å². The molecular weight excluding hydrogens is 202 g/mol. The lowest BCUT2D eigenvalue weighted by molar-refractivity contribution is 0.483. The molecule has 0 atom stereocenters. The zero-order valence-electron chi connectivity index (χ0n) is 7.07. The van der Waals surface area contributed by atoms with E-state index in [-0.39, 0.29) is 0 Å². The van der Waals surface area contributed by atoms with Gasteiger partial charge in [0.1, 0.15) is 5.75 Å². The smallest absolute Gasteiger partial charge is 0.135 e. The number of aromatic hydroxyl groups is 1. The number of rotatable bonds is 1. The van der Waals surface area contributed by atoms with Gasteiger partial charge < -0.3 is 10.8 Å². The minimum Gasteiger partial charge on any atom is -0.506 e. The molecule has 0 radical (unpaired) electrons. The molecule has 2 nitrogen and oxygen atoms in total. The van der Waals surface area contributed by atoms with Crippen LogP contribution in [0, 0.1) is 0 Å². The molecule has 0 bridgehead atoms. The summed E-state index contributed by atoms with van der Waals surface area (Å²) < 4.78 is 1.04. The number of thiophene rings is 1. The van der Waals surface area contributed by atoms with Crippen molar-refractivity contribution in [3.8, 4) is 5.75 Å². The number of thioether (sulfide) groups is 1. The molecule has 1 heterocycles. The summed E-state index contributed by atoms with van der Waals surface area (Å²) in [6.07, 6.45) is 1.98. The zero-order chi connectivity index (χ0) is 9.42. The third-order valence-electron chi connectivity index (χ3n) is 1.86. The van der Waals surface area contributed by atoms with Crippen LogP contribution >= 0.6 is 23.1 Å². The Morgan fingerprint density at radius 2 is 2.23 bits per heavy atom. The van der Waals surface area contributed by atoms with Crippen LogP contribution in [0.3, 0.4) is 0 Å². The van der Waals surface area contributed by atoms with Gasteiger partial charge in [-0.15, -0.1) is 23.1 Å². The molecule has 0 aliphatic heterocycles. The number of hydrogen-bond acceptors (Lipinski definition) is 4. The van der Waals surface area contributed by atoms with E-state index in [1.165, 1.54) is 11.3 Å². The first-order valence-electron chi connectivity index (χ1n) is 3.76. The standard InChI is InChI=1S/C9H9NOS2/c1-12-7-2-5(10)3-8-9(7)6(11)4-13-8/h2-4,11H,10H2,1H3. The Morgan fingerprint density at radius 1 is 1.46 bits per heavy atom. The van der Waals surface area contributed by atoms with Crippen molar-refractivity contribution in [3.63, 3.8) is 0 Å². The quantitative estimate of drug-likeness (QED) is 0.563. The van der Waals surface area contributed by atoms with E-state index in [9.17, 15) is 5.11 Å². The maximum Gasteiger partial charge on any atom is 0.135 e. The van der Waals surface area contributed by atoms with Crippen LogP contribution < -0.4 is 5.73 Å². The molecule has 1 aromatic carbocycles. The van der Waals surface area contributed by atoms with Gasteiger partial charge >= 0.3 is 0 Å². The summed E-state index contributed by atoms with van der Waals surface area (Å²) >= 11 is 3.11. The second-order valence-corrected chi connectivity index (χ2v) is 4.48. The van der Waals surface area contributed by atoms with E-state index in [2.05, 4.69) is 0 Å². The first-order valence-corrected chi connectivity index (χ1v) is 5.86. The first kappa shape index (κ1) is 8.72. The van der Waals surface area contributed by atoms with E-state index in [1.807, 2.05) is 18.4 Å². The number of hydrogen-bond donors (Lipinski definition) is 2. The lowest BCUT2D eigenvalue weighted by Crippen LogP contribution is -1.84. The van der Waals surface area contributed by atoms with E-state index >= 15 is 0 Å². The maximum atomic E-state index is 9.57. The van der Waals surface area contributed by atoms with Gasteiger partial charge in [-0.2, -0.15) is 0 Å². The molecule has 1 aromatic heterocycles. The van der Waals surface area contributed by atoms with Gasteiger partial charge in [-0.05, 0) is 18.4 Å². The molecule has 0 unspecified atom stereocenters. The van der Waals surface area contributed by atoms with Crippen LogP contribution in [-0.4, -0.2) is 11.4 Å². The highest BCUT2D eigenvalue weighted by atomic mass is 32.2. The van der Waals surface area contributed by atoms with E-state index in [4.69, 9.17) is 5.73 Å². The monoisotopic (exact) mass is 211 g/mol. The van der Waals surface area contributed by atoms with Gasteiger partial charge in [-0.25, -0.2) is 0 Å². The number of benzene rings is 1. The molecule has 0 saturated heterocycles. The summed E-state index contributed by atoms with van der Waals surface area (Å²) in [7, 11) is 0. The molecule has 0 aliphatic carbocycles. The van der Waals surface area contributed by atoms with Crippen molar-refractivity contribution in [3.05, 3.63) is 17.5 Å². The van der Waals surface area contributed by atoms with Crippen molar-refractivity contribution < 1.29 is 5.11 Å². The minimum atomic E-state index is 0.351. The van der Waals surface area contributed by atoms with Crippen molar-refractivity contribution >= 4 is 38.9 Å². The van der Waals surface area contributed by atoms with Crippen molar-refractivity contribution in [1.82, 2.24) is 0 Å². The normalized spacial score (nSPS) is 10.8. The summed E-state index contributed by atoms with van der Waals surface area (Å²) in [6, 6.07) is 3.78. The molecule has 2 aromatic rings. The Bertz CT molecular complexity index is 450. The largest absolute Gasteiger partial charge is 0.506 e. The zero-order valence-corrected chi connectivity index (χ0v) is 8.71. The van der Waals surface area contributed by atoms with Gasteiger partial charge in [0.25, 0.3) is 0 Å². The third-order valence-corrected chi connectivity index (χ3v) is 3.54. The van der Waals surface area contributed by atoms with Gasteiger partial charge in [0.2, 0.25) is 0 Å². The molecule has 68 valence electrons. The highest BCUT2D eigenvalue weighted by molar-refractivity contribution is 7.98. The second-order valence-electron chi connectivity index (χ2n) is 2.72. The Hall–Kier alpha value is -0.870. The fourth-order valence-corrected chi connectivity index (χ4v) is 2.92. The summed E-state index contributed by atoms with van der Waals surface area (Å²) in [6.45, 7) is 0. The van der Waals surface area contributed by atoms with Crippen LogP contribution in [0.15, 0.2) is 22.4 Å². The molecule has 0 saturated carbocycles. The highest BCUT2D eigenvalue weighted by Gasteiger charge is 2.08. The van der Waals surface area contributed by atoms with Crippen molar-refractivity contribution in [2.24, 2.45) is 0 Å². The SMILES string of the molecule is CSc1cc(N)cc2scc(O)c12. The highest BCUT2D eigenvalue weighted by Crippen LogP contribution is 2.39. The number of nitrogens with two attached hydrogens (primary N) is 1. The second kappa shape index (κ2) is 3.12. The minimum absolute atomic E-state index is 0.351. The molecule has 4 heteroatoms. The average molecular weight is 211 g/mol. The third kappa shape index (κ3) is 1.36. The predicted octanol–water partition coefficient (Wildman–Crippen LogP) is 2.91. The van der Waals surface area contributed by atoms with Crippen molar-refractivity contribution in [2.75, 3.05) is 12.0 Å². The van der Waals surface area contributed by atoms with E-state index in [0.29, 0.717) is 5.75 Å². The summed E-state index contributed by atoms with van der Waals surface area (Å²) in [5.74, 6) is 0.351. The molecular formula is C9H9NOS2. The molecule has 3 N–H and O–H groups in total. The first-order chi connectivity index (χ1) is 6.22. The van der Waals surface area contributed by atoms with Crippen molar-refractivity contribution in [2.45, 2.75) is 4.90 Å². The topological polar surface area (TPSA) is 46.2 Å². The molecule has 13 heavy (non-hydrogen) atoms. The lowest BCUT2D eigenvalue weighted by atomic mass is 10.2. The Labute approximate surface area is 84.4 Å². The molecule has 0 amide bonds. The molecule has 0 spiro atoms. The predicted molar refractivity (Wildman–Crippen MR) is 59.7 cm³/mol. The molecule has 2 rings (SSSR count). The van der Waals surface area contributed by atoms with E-state index < -0.39 is 0 Å². The van der Waals surface area contributed by atoms with Crippen LogP contribution in [-0.2, 0) is 0 Å². The van der Waals surface area contributed by atoms with Gasteiger partial charge in [0, 0.05) is 26.0 Å².